The molecule has 9 heteroatoms. The van der Waals surface area contributed by atoms with Crippen molar-refractivity contribution < 1.29 is 18.0 Å². The van der Waals surface area contributed by atoms with Gasteiger partial charge in [-0.05, 0) is 67.5 Å². The maximum absolute atomic E-state index is 13.2. The molecule has 2 aromatic rings. The van der Waals surface area contributed by atoms with Crippen LogP contribution in [-0.2, 0) is 10.0 Å². The van der Waals surface area contributed by atoms with Gasteiger partial charge in [0.1, 0.15) is 0 Å². The van der Waals surface area contributed by atoms with Crippen LogP contribution in [0, 0.1) is 11.8 Å². The van der Waals surface area contributed by atoms with E-state index in [4.69, 9.17) is 11.6 Å². The second kappa shape index (κ2) is 9.44. The number of halogens is 1. The molecule has 1 aliphatic carbocycles. The van der Waals surface area contributed by atoms with Crippen molar-refractivity contribution in [1.29, 1.82) is 0 Å². The number of sulfonamides is 1. The summed E-state index contributed by atoms with van der Waals surface area (Å²) in [5, 5.41) is 5.78. The van der Waals surface area contributed by atoms with Crippen LogP contribution in [0.3, 0.4) is 0 Å². The summed E-state index contributed by atoms with van der Waals surface area (Å²) in [5.74, 6) is -0.201. The van der Waals surface area contributed by atoms with Gasteiger partial charge in [-0.2, -0.15) is 4.31 Å². The van der Waals surface area contributed by atoms with Crippen molar-refractivity contribution >= 4 is 39.1 Å². The molecular formula is C24H28ClN3O4S. The van der Waals surface area contributed by atoms with E-state index in [0.717, 1.165) is 19.3 Å². The molecule has 2 unspecified atom stereocenters. The molecule has 33 heavy (non-hydrogen) atoms. The molecule has 1 saturated carbocycles. The van der Waals surface area contributed by atoms with Gasteiger partial charge < -0.3 is 10.6 Å². The number of benzene rings is 2. The fraction of sp³-hybridized carbons (Fsp3) is 0.417. The zero-order chi connectivity index (χ0) is 23.8. The summed E-state index contributed by atoms with van der Waals surface area (Å²) in [4.78, 5) is 25.3. The zero-order valence-corrected chi connectivity index (χ0v) is 20.2. The smallest absolute Gasteiger partial charge is 0.257 e. The van der Waals surface area contributed by atoms with E-state index in [0.29, 0.717) is 24.3 Å². The van der Waals surface area contributed by atoms with Crippen LogP contribution >= 0.6 is 11.6 Å². The van der Waals surface area contributed by atoms with Crippen LogP contribution in [0.4, 0.5) is 5.69 Å². The standard InChI is InChI=1S/C24H28ClN3O4S/c1-15-10-16(2)14-28(13-15)33(31,32)20-8-9-22(25)21(12-20)24(30)27-19-5-3-4-17(11-19)23(29)26-18-6-7-18/h3-5,8-9,11-12,15-16,18H,6-7,10,13-14H2,1-2H3,(H,26,29)(H,27,30). The number of piperidine rings is 1. The average molecular weight is 490 g/mol. The quantitative estimate of drug-likeness (QED) is 0.637. The maximum Gasteiger partial charge on any atom is 0.257 e. The number of hydrogen-bond acceptors (Lipinski definition) is 4. The van der Waals surface area contributed by atoms with E-state index in [2.05, 4.69) is 10.6 Å². The molecule has 1 saturated heterocycles. The molecule has 7 nitrogen and oxygen atoms in total. The predicted molar refractivity (Wildman–Crippen MR) is 128 cm³/mol. The molecule has 2 aliphatic rings. The van der Waals surface area contributed by atoms with Crippen molar-refractivity contribution in [3.8, 4) is 0 Å². The Hall–Kier alpha value is -2.42. The molecule has 2 aromatic carbocycles. The Balaban J connectivity index is 1.54. The first kappa shape index (κ1) is 23.7. The third-order valence-electron chi connectivity index (χ3n) is 5.95. The van der Waals surface area contributed by atoms with Gasteiger partial charge in [-0.25, -0.2) is 8.42 Å². The molecule has 1 aliphatic heterocycles. The Bertz CT molecular complexity index is 1170. The maximum atomic E-state index is 13.2. The first-order valence-corrected chi connectivity index (χ1v) is 13.0. The van der Waals surface area contributed by atoms with Gasteiger partial charge in [-0.15, -0.1) is 0 Å². The number of carbonyl (C=O) groups is 2. The van der Waals surface area contributed by atoms with E-state index in [1.807, 2.05) is 13.8 Å². The second-order valence-corrected chi connectivity index (χ2v) is 11.5. The number of anilines is 1. The molecule has 0 radical (unpaired) electrons. The van der Waals surface area contributed by atoms with Gasteiger partial charge in [0.05, 0.1) is 15.5 Å². The van der Waals surface area contributed by atoms with Crippen LogP contribution in [0.5, 0.6) is 0 Å². The lowest BCUT2D eigenvalue weighted by Gasteiger charge is -2.34. The lowest BCUT2D eigenvalue weighted by Crippen LogP contribution is -2.42. The lowest BCUT2D eigenvalue weighted by molar-refractivity contribution is 0.0949. The van der Waals surface area contributed by atoms with Crippen molar-refractivity contribution in [2.24, 2.45) is 11.8 Å². The molecule has 2 N–H and O–H groups in total. The van der Waals surface area contributed by atoms with E-state index in [1.54, 1.807) is 24.3 Å². The second-order valence-electron chi connectivity index (χ2n) is 9.19. The SMILES string of the molecule is CC1CC(C)CN(S(=O)(=O)c2ccc(Cl)c(C(=O)Nc3cccc(C(=O)NC4CC4)c3)c2)C1. The Morgan fingerprint density at radius 1 is 1.00 bits per heavy atom. The van der Waals surface area contributed by atoms with Crippen molar-refractivity contribution in [2.45, 2.75) is 44.0 Å². The van der Waals surface area contributed by atoms with Gasteiger partial charge in [0.25, 0.3) is 11.8 Å². The largest absolute Gasteiger partial charge is 0.349 e. The molecular weight excluding hydrogens is 462 g/mol. The zero-order valence-electron chi connectivity index (χ0n) is 18.7. The molecule has 0 aromatic heterocycles. The van der Waals surface area contributed by atoms with E-state index in [1.165, 1.54) is 22.5 Å². The monoisotopic (exact) mass is 489 g/mol. The van der Waals surface area contributed by atoms with Gasteiger partial charge in [0, 0.05) is 30.4 Å². The molecule has 0 bridgehead atoms. The average Bonchev–Trinajstić information content (AvgIpc) is 3.57. The molecule has 2 atom stereocenters. The Morgan fingerprint density at radius 3 is 2.36 bits per heavy atom. The first-order valence-electron chi connectivity index (χ1n) is 11.2. The fourth-order valence-electron chi connectivity index (χ4n) is 4.22. The van der Waals surface area contributed by atoms with Crippen LogP contribution < -0.4 is 10.6 Å². The van der Waals surface area contributed by atoms with Gasteiger partial charge >= 0.3 is 0 Å². The van der Waals surface area contributed by atoms with Crippen LogP contribution in [0.2, 0.25) is 5.02 Å². The minimum Gasteiger partial charge on any atom is -0.349 e. The van der Waals surface area contributed by atoms with E-state index in [9.17, 15) is 18.0 Å². The van der Waals surface area contributed by atoms with Crippen LogP contribution in [0.15, 0.2) is 47.4 Å². The predicted octanol–water partition coefficient (Wildman–Crippen LogP) is 4.15. The van der Waals surface area contributed by atoms with E-state index < -0.39 is 15.9 Å². The molecule has 1 heterocycles. The highest BCUT2D eigenvalue weighted by molar-refractivity contribution is 7.89. The topological polar surface area (TPSA) is 95.6 Å². The Kier molecular flexibility index (Phi) is 6.79. The summed E-state index contributed by atoms with van der Waals surface area (Å²) in [7, 11) is -3.76. The van der Waals surface area contributed by atoms with Crippen molar-refractivity contribution in [3.05, 3.63) is 58.6 Å². The number of carbonyl (C=O) groups excluding carboxylic acids is 2. The molecule has 4 rings (SSSR count). The first-order chi connectivity index (χ1) is 15.6. The molecule has 2 amide bonds. The van der Waals surface area contributed by atoms with E-state index in [-0.39, 0.29) is 39.3 Å². The molecule has 2 fully saturated rings. The summed E-state index contributed by atoms with van der Waals surface area (Å²) in [6.45, 7) is 4.98. The third-order valence-corrected chi connectivity index (χ3v) is 8.11. The highest BCUT2D eigenvalue weighted by Gasteiger charge is 2.32. The summed E-state index contributed by atoms with van der Waals surface area (Å²) in [5.41, 5.74) is 0.922. The van der Waals surface area contributed by atoms with Crippen LogP contribution in [0.1, 0.15) is 53.8 Å². The summed E-state index contributed by atoms with van der Waals surface area (Å²) in [6, 6.07) is 11.0. The van der Waals surface area contributed by atoms with Gasteiger partial charge in [0.15, 0.2) is 0 Å². The summed E-state index contributed by atoms with van der Waals surface area (Å²) in [6.07, 6.45) is 2.95. The van der Waals surface area contributed by atoms with E-state index >= 15 is 0 Å². The summed E-state index contributed by atoms with van der Waals surface area (Å²) >= 11 is 6.25. The Labute approximate surface area is 199 Å². The van der Waals surface area contributed by atoms with Crippen molar-refractivity contribution in [2.75, 3.05) is 18.4 Å². The number of rotatable bonds is 6. The number of hydrogen-bond donors (Lipinski definition) is 2. The van der Waals surface area contributed by atoms with Gasteiger partial charge in [-0.3, -0.25) is 9.59 Å². The Morgan fingerprint density at radius 2 is 1.70 bits per heavy atom. The van der Waals surface area contributed by atoms with Crippen molar-refractivity contribution in [3.63, 3.8) is 0 Å². The van der Waals surface area contributed by atoms with Crippen LogP contribution in [-0.4, -0.2) is 43.7 Å². The highest BCUT2D eigenvalue weighted by atomic mass is 35.5. The van der Waals surface area contributed by atoms with Crippen molar-refractivity contribution in [1.82, 2.24) is 9.62 Å². The molecule has 0 spiro atoms. The number of nitrogens with zero attached hydrogens (tertiary/aromatic N) is 1. The third kappa shape index (κ3) is 5.57. The number of amides is 2. The van der Waals surface area contributed by atoms with Gasteiger partial charge in [0.2, 0.25) is 10.0 Å². The minimum atomic E-state index is -3.76. The fourth-order valence-corrected chi connectivity index (χ4v) is 6.13. The number of nitrogens with one attached hydrogen (secondary N) is 2. The van der Waals surface area contributed by atoms with Gasteiger partial charge in [-0.1, -0.05) is 31.5 Å². The molecule has 176 valence electrons. The summed E-state index contributed by atoms with van der Waals surface area (Å²) < 4.78 is 28.0. The normalized spacial score (nSPS) is 21.4. The van der Waals surface area contributed by atoms with Crippen LogP contribution in [0.25, 0.3) is 0 Å². The highest BCUT2D eigenvalue weighted by Crippen LogP contribution is 2.29. The minimum absolute atomic E-state index is 0.0379. The lowest BCUT2D eigenvalue weighted by atomic mass is 9.94.